The molecule has 74 valence electrons. The highest BCUT2D eigenvalue weighted by molar-refractivity contribution is 8.03. The fourth-order valence-electron chi connectivity index (χ4n) is 1.25. The number of nitrogens with one attached hydrogen (secondary N) is 1. The highest BCUT2D eigenvalue weighted by Crippen LogP contribution is 2.43. The van der Waals surface area contributed by atoms with Crippen LogP contribution in [0.4, 0.5) is 4.39 Å². The molecule has 0 fully saturated rings. The van der Waals surface area contributed by atoms with Gasteiger partial charge < -0.3 is 4.98 Å². The van der Waals surface area contributed by atoms with Crippen LogP contribution in [0.5, 0.6) is 0 Å². The molecule has 1 nitrogen and oxygen atoms in total. The van der Waals surface area contributed by atoms with E-state index in [1.807, 2.05) is 24.3 Å². The molecule has 0 radical (unpaired) electrons. The summed E-state index contributed by atoms with van der Waals surface area (Å²) in [6, 6.07) is 7.56. The van der Waals surface area contributed by atoms with Crippen LogP contribution in [0.25, 0.3) is 10.9 Å². The maximum absolute atomic E-state index is 13.0. The topological polar surface area (TPSA) is 15.8 Å². The number of hydrogen-bond acceptors (Lipinski definition) is 1. The number of rotatable bonds is 2. The van der Waals surface area contributed by atoms with Gasteiger partial charge in [-0.3, -0.25) is 0 Å². The Morgan fingerprint density at radius 1 is 1.29 bits per heavy atom. The number of hydrogen-bond donors (Lipinski definition) is 1. The van der Waals surface area contributed by atoms with Gasteiger partial charge in [0.1, 0.15) is 0 Å². The van der Waals surface area contributed by atoms with E-state index in [0.717, 1.165) is 22.7 Å². The SMILES string of the molecule is FC(Cl)(Cl)Sc1c[nH]c2ccccc12. The van der Waals surface area contributed by atoms with E-state index in [0.29, 0.717) is 4.90 Å². The molecule has 0 aliphatic heterocycles. The molecule has 0 bridgehead atoms. The molecule has 1 aromatic heterocycles. The molecule has 1 heterocycles. The van der Waals surface area contributed by atoms with E-state index < -0.39 is 3.92 Å². The van der Waals surface area contributed by atoms with E-state index in [4.69, 9.17) is 23.2 Å². The normalized spacial score (nSPS) is 12.2. The number of alkyl halides is 3. The van der Waals surface area contributed by atoms with Crippen molar-refractivity contribution in [1.82, 2.24) is 4.98 Å². The van der Waals surface area contributed by atoms with Crippen molar-refractivity contribution >= 4 is 45.9 Å². The van der Waals surface area contributed by atoms with Gasteiger partial charge in [-0.25, -0.2) is 0 Å². The highest BCUT2D eigenvalue weighted by atomic mass is 35.5. The van der Waals surface area contributed by atoms with Crippen molar-refractivity contribution in [1.29, 1.82) is 0 Å². The van der Waals surface area contributed by atoms with Gasteiger partial charge in [0.2, 0.25) is 0 Å². The molecule has 0 spiro atoms. The van der Waals surface area contributed by atoms with Crippen LogP contribution in [-0.2, 0) is 0 Å². The number of aromatic nitrogens is 1. The Bertz CT molecular complexity index is 449. The molecule has 0 amide bonds. The van der Waals surface area contributed by atoms with Crippen molar-refractivity contribution < 1.29 is 4.39 Å². The first kappa shape index (κ1) is 10.1. The number of aromatic amines is 1. The van der Waals surface area contributed by atoms with Gasteiger partial charge in [-0.2, -0.15) is 4.39 Å². The van der Waals surface area contributed by atoms with Crippen LogP contribution in [0.3, 0.4) is 0 Å². The first-order valence-electron chi connectivity index (χ1n) is 3.88. The quantitative estimate of drug-likeness (QED) is 0.620. The lowest BCUT2D eigenvalue weighted by Crippen LogP contribution is -1.93. The molecular formula is C9H6Cl2FNS. The van der Waals surface area contributed by atoms with Crippen LogP contribution in [-0.4, -0.2) is 8.90 Å². The number of fused-ring (bicyclic) bond motifs is 1. The molecular weight excluding hydrogens is 244 g/mol. The molecule has 1 aromatic carbocycles. The molecule has 0 aliphatic rings. The Morgan fingerprint density at radius 3 is 2.71 bits per heavy atom. The van der Waals surface area contributed by atoms with Crippen LogP contribution in [0.1, 0.15) is 0 Å². The summed E-state index contributed by atoms with van der Waals surface area (Å²) in [6.07, 6.45) is 1.69. The predicted octanol–water partition coefficient (Wildman–Crippen LogP) is 4.32. The molecule has 5 heteroatoms. The fourth-order valence-corrected chi connectivity index (χ4v) is 2.41. The third-order valence-electron chi connectivity index (χ3n) is 1.78. The zero-order valence-electron chi connectivity index (χ0n) is 6.93. The van der Waals surface area contributed by atoms with Gasteiger partial charge in [0.15, 0.2) is 0 Å². The summed E-state index contributed by atoms with van der Waals surface area (Å²) in [6.45, 7) is 0. The number of H-pyrrole nitrogens is 1. The third kappa shape index (κ3) is 2.16. The second kappa shape index (κ2) is 3.65. The van der Waals surface area contributed by atoms with Gasteiger partial charge in [0.05, 0.1) is 0 Å². The van der Waals surface area contributed by atoms with Crippen LogP contribution in [0, 0.1) is 0 Å². The van der Waals surface area contributed by atoms with Gasteiger partial charge >= 0.3 is 3.92 Å². The van der Waals surface area contributed by atoms with Gasteiger partial charge in [-0.05, 0) is 6.07 Å². The second-order valence-electron chi connectivity index (χ2n) is 2.75. The number of halogens is 3. The number of thioether (sulfide) groups is 1. The minimum atomic E-state index is -2.29. The molecule has 2 rings (SSSR count). The Morgan fingerprint density at radius 2 is 2.00 bits per heavy atom. The lowest BCUT2D eigenvalue weighted by Gasteiger charge is -2.06. The summed E-state index contributed by atoms with van der Waals surface area (Å²) in [5, 5.41) is 0.917. The van der Waals surface area contributed by atoms with E-state index in [1.165, 1.54) is 0 Å². The van der Waals surface area contributed by atoms with Gasteiger partial charge in [0, 0.05) is 22.0 Å². The van der Waals surface area contributed by atoms with E-state index in [2.05, 4.69) is 4.98 Å². The molecule has 14 heavy (non-hydrogen) atoms. The van der Waals surface area contributed by atoms with Crippen molar-refractivity contribution in [2.24, 2.45) is 0 Å². The second-order valence-corrected chi connectivity index (χ2v) is 5.64. The van der Waals surface area contributed by atoms with Crippen molar-refractivity contribution in [2.45, 2.75) is 8.81 Å². The Hall–Kier alpha value is -0.380. The van der Waals surface area contributed by atoms with Crippen molar-refractivity contribution in [3.8, 4) is 0 Å². The van der Waals surface area contributed by atoms with Crippen molar-refractivity contribution in [2.75, 3.05) is 0 Å². The first-order valence-corrected chi connectivity index (χ1v) is 5.45. The molecule has 0 unspecified atom stereocenters. The Balaban J connectivity index is 2.44. The van der Waals surface area contributed by atoms with Crippen molar-refractivity contribution in [3.05, 3.63) is 30.5 Å². The lowest BCUT2D eigenvalue weighted by atomic mass is 10.2. The van der Waals surface area contributed by atoms with Crippen LogP contribution >= 0.6 is 35.0 Å². The molecule has 2 aromatic rings. The van der Waals surface area contributed by atoms with E-state index in [-0.39, 0.29) is 0 Å². The van der Waals surface area contributed by atoms with E-state index >= 15 is 0 Å². The minimum absolute atomic E-state index is 0.702. The van der Waals surface area contributed by atoms with E-state index in [9.17, 15) is 4.39 Å². The minimum Gasteiger partial charge on any atom is -0.360 e. The smallest absolute Gasteiger partial charge is 0.309 e. The summed E-state index contributed by atoms with van der Waals surface area (Å²) in [5.74, 6) is 0. The van der Waals surface area contributed by atoms with Gasteiger partial charge in [-0.15, -0.1) is 0 Å². The molecule has 0 atom stereocenters. The Kier molecular flexibility index (Phi) is 2.64. The predicted molar refractivity (Wildman–Crippen MR) is 59.7 cm³/mol. The van der Waals surface area contributed by atoms with Gasteiger partial charge in [-0.1, -0.05) is 53.2 Å². The number of benzene rings is 1. The lowest BCUT2D eigenvalue weighted by molar-refractivity contribution is 0.516. The standard InChI is InChI=1S/C9H6Cl2FNS/c10-9(11,12)14-8-5-13-7-4-2-1-3-6(7)8/h1-5,13H. The highest BCUT2D eigenvalue weighted by Gasteiger charge is 2.25. The maximum Gasteiger partial charge on any atom is 0.309 e. The monoisotopic (exact) mass is 249 g/mol. The first-order chi connectivity index (χ1) is 6.56. The van der Waals surface area contributed by atoms with E-state index in [1.54, 1.807) is 6.20 Å². The van der Waals surface area contributed by atoms with Crippen LogP contribution in [0.15, 0.2) is 35.4 Å². The summed E-state index contributed by atoms with van der Waals surface area (Å²) in [5.41, 5.74) is 0.938. The van der Waals surface area contributed by atoms with Gasteiger partial charge in [0.25, 0.3) is 0 Å². The molecule has 0 saturated heterocycles. The van der Waals surface area contributed by atoms with Crippen LogP contribution < -0.4 is 0 Å². The largest absolute Gasteiger partial charge is 0.360 e. The third-order valence-corrected chi connectivity index (χ3v) is 3.03. The molecule has 0 aliphatic carbocycles. The summed E-state index contributed by atoms with van der Waals surface area (Å²) in [4.78, 5) is 3.71. The fraction of sp³-hybridized carbons (Fsp3) is 0.111. The number of para-hydroxylation sites is 1. The maximum atomic E-state index is 13.0. The summed E-state index contributed by atoms with van der Waals surface area (Å²) >= 11 is 11.3. The molecule has 0 saturated carbocycles. The summed E-state index contributed by atoms with van der Waals surface area (Å²) < 4.78 is 10.7. The molecule has 1 N–H and O–H groups in total. The van der Waals surface area contributed by atoms with Crippen LogP contribution in [0.2, 0.25) is 0 Å². The zero-order chi connectivity index (χ0) is 10.2. The average molecular weight is 250 g/mol. The van der Waals surface area contributed by atoms with Crippen molar-refractivity contribution in [3.63, 3.8) is 0 Å². The summed E-state index contributed by atoms with van der Waals surface area (Å²) in [7, 11) is 0. The zero-order valence-corrected chi connectivity index (χ0v) is 9.26. The Labute approximate surface area is 94.6 Å². The average Bonchev–Trinajstić information content (AvgIpc) is 2.47.